The maximum absolute atomic E-state index is 12.5. The molecular weight excluding hydrogens is 536 g/mol. The van der Waals surface area contributed by atoms with Gasteiger partial charge in [0.2, 0.25) is 0 Å². The second-order valence-corrected chi connectivity index (χ2v) is 10.4. The summed E-state index contributed by atoms with van der Waals surface area (Å²) in [5, 5.41) is 5.26. The molecular formula is C30H32N8O4. The third kappa shape index (κ3) is 6.09. The predicted octanol–water partition coefficient (Wildman–Crippen LogP) is 2.57. The maximum Gasteiger partial charge on any atom is 0.329 e. The van der Waals surface area contributed by atoms with Gasteiger partial charge in [0.05, 0.1) is 18.9 Å². The Kier molecular flexibility index (Phi) is 7.80. The van der Waals surface area contributed by atoms with E-state index < -0.39 is 17.3 Å². The van der Waals surface area contributed by atoms with Crippen LogP contribution in [0.1, 0.15) is 16.8 Å². The summed E-state index contributed by atoms with van der Waals surface area (Å²) in [7, 11) is 1.45. The Morgan fingerprint density at radius 1 is 0.976 bits per heavy atom. The Morgan fingerprint density at radius 3 is 2.50 bits per heavy atom. The molecule has 216 valence electrons. The third-order valence-electron chi connectivity index (χ3n) is 7.48. The van der Waals surface area contributed by atoms with Crippen LogP contribution in [0.3, 0.4) is 0 Å². The third-order valence-corrected chi connectivity index (χ3v) is 7.48. The van der Waals surface area contributed by atoms with E-state index in [-0.39, 0.29) is 5.82 Å². The highest BCUT2D eigenvalue weighted by Crippen LogP contribution is 2.31. The van der Waals surface area contributed by atoms with Crippen LogP contribution in [0.2, 0.25) is 0 Å². The highest BCUT2D eigenvalue weighted by atomic mass is 16.5. The van der Waals surface area contributed by atoms with Crippen LogP contribution in [0.4, 0.5) is 22.1 Å². The smallest absolute Gasteiger partial charge is 0.329 e. The number of amides is 2. The predicted molar refractivity (Wildman–Crippen MR) is 160 cm³/mol. The monoisotopic (exact) mass is 568 g/mol. The molecule has 0 aliphatic carbocycles. The summed E-state index contributed by atoms with van der Waals surface area (Å²) >= 11 is 0. The van der Waals surface area contributed by atoms with Crippen LogP contribution in [0, 0.1) is 0 Å². The number of anilines is 3. The van der Waals surface area contributed by atoms with E-state index in [1.807, 2.05) is 18.2 Å². The molecule has 6 rings (SSSR count). The van der Waals surface area contributed by atoms with E-state index in [9.17, 15) is 14.4 Å². The molecule has 4 heterocycles. The van der Waals surface area contributed by atoms with Gasteiger partial charge in [0.1, 0.15) is 11.6 Å². The van der Waals surface area contributed by atoms with Gasteiger partial charge in [0.15, 0.2) is 5.82 Å². The van der Waals surface area contributed by atoms with Crippen LogP contribution >= 0.6 is 0 Å². The number of hydrogen-bond donors (Lipinski definition) is 3. The zero-order valence-electron chi connectivity index (χ0n) is 23.3. The number of nitrogens with zero attached hydrogens (tertiary/aromatic N) is 5. The molecule has 1 saturated heterocycles. The maximum atomic E-state index is 12.5. The molecule has 0 unspecified atom stereocenters. The van der Waals surface area contributed by atoms with Gasteiger partial charge in [-0.3, -0.25) is 24.6 Å². The number of fused-ring (bicyclic) bond motifs is 1. The van der Waals surface area contributed by atoms with Gasteiger partial charge in [-0.25, -0.2) is 19.6 Å². The van der Waals surface area contributed by atoms with Crippen LogP contribution in [0.5, 0.6) is 0 Å². The van der Waals surface area contributed by atoms with Gasteiger partial charge in [-0.05, 0) is 29.8 Å². The average molecular weight is 569 g/mol. The number of aromatic nitrogens is 4. The van der Waals surface area contributed by atoms with E-state index in [1.54, 1.807) is 12.1 Å². The van der Waals surface area contributed by atoms with Crippen molar-refractivity contribution in [1.29, 1.82) is 0 Å². The first kappa shape index (κ1) is 27.4. The molecule has 2 amide bonds. The van der Waals surface area contributed by atoms with Crippen molar-refractivity contribution >= 4 is 23.4 Å². The Hall–Kier alpha value is -4.81. The lowest BCUT2D eigenvalue weighted by Gasteiger charge is -2.34. The van der Waals surface area contributed by atoms with Crippen molar-refractivity contribution in [2.45, 2.75) is 19.5 Å². The number of nitrogens with one attached hydrogen (secondary N) is 3. The molecule has 2 aromatic carbocycles. The summed E-state index contributed by atoms with van der Waals surface area (Å²) in [6.07, 6.45) is 0.833. The average Bonchev–Trinajstić information content (AvgIpc) is 3.00. The second kappa shape index (κ2) is 12.0. The van der Waals surface area contributed by atoms with Crippen LogP contribution in [-0.4, -0.2) is 63.3 Å². The number of urea groups is 1. The molecule has 3 N–H and O–H groups in total. The molecule has 12 nitrogen and oxygen atoms in total. The number of hydrogen-bond acceptors (Lipinski definition) is 8. The first-order valence-corrected chi connectivity index (χ1v) is 13.9. The minimum atomic E-state index is -0.618. The number of carbonyl (C=O) groups is 1. The number of H-pyrrole nitrogens is 1. The highest BCUT2D eigenvalue weighted by molar-refractivity contribution is 5.99. The number of carbonyl (C=O) groups excluding carboxylic acids is 1. The van der Waals surface area contributed by atoms with Crippen molar-refractivity contribution in [3.8, 4) is 11.4 Å². The summed E-state index contributed by atoms with van der Waals surface area (Å²) in [5.41, 5.74) is 3.68. The zero-order chi connectivity index (χ0) is 29.1. The van der Waals surface area contributed by atoms with Crippen molar-refractivity contribution in [3.63, 3.8) is 0 Å². The fraction of sp³-hybridized carbons (Fsp3) is 0.300. The largest absolute Gasteiger partial charge is 0.378 e. The molecule has 2 aliphatic heterocycles. The molecule has 2 aliphatic rings. The Bertz CT molecular complexity index is 1700. The first-order chi connectivity index (χ1) is 20.4. The number of benzene rings is 2. The Morgan fingerprint density at radius 2 is 1.74 bits per heavy atom. The summed E-state index contributed by atoms with van der Waals surface area (Å²) in [6, 6.07) is 18.3. The number of morpholine rings is 1. The molecule has 2 aromatic heterocycles. The van der Waals surface area contributed by atoms with Crippen LogP contribution < -0.4 is 26.8 Å². The first-order valence-electron chi connectivity index (χ1n) is 13.9. The quantitative estimate of drug-likeness (QED) is 0.323. The molecule has 0 spiro atoms. The van der Waals surface area contributed by atoms with Gasteiger partial charge in [0.25, 0.3) is 5.56 Å². The van der Waals surface area contributed by atoms with Crippen LogP contribution in [0.25, 0.3) is 11.4 Å². The van der Waals surface area contributed by atoms with E-state index in [2.05, 4.69) is 49.7 Å². The van der Waals surface area contributed by atoms with E-state index in [4.69, 9.17) is 14.7 Å². The summed E-state index contributed by atoms with van der Waals surface area (Å²) in [5.74, 6) is 1.68. The van der Waals surface area contributed by atoms with E-state index >= 15 is 0 Å². The van der Waals surface area contributed by atoms with Gasteiger partial charge in [-0.2, -0.15) is 0 Å². The van der Waals surface area contributed by atoms with E-state index in [0.29, 0.717) is 24.7 Å². The molecule has 0 radical (unpaired) electrons. The zero-order valence-corrected chi connectivity index (χ0v) is 23.3. The normalized spacial score (nSPS) is 15.2. The second-order valence-electron chi connectivity index (χ2n) is 10.4. The molecule has 12 heteroatoms. The Labute approximate surface area is 242 Å². The number of rotatable bonds is 6. The van der Waals surface area contributed by atoms with Crippen molar-refractivity contribution < 1.29 is 9.53 Å². The lowest BCUT2D eigenvalue weighted by Crippen LogP contribution is -2.39. The van der Waals surface area contributed by atoms with Gasteiger partial charge >= 0.3 is 11.7 Å². The SMILES string of the molecule is Cn1c(NC(=O)Nc2ccc(-c3nc4c(c(N5CCOCC5)n3)CN(Cc3ccccc3)CC4)cc2)cc(=O)[nH]c1=O. The van der Waals surface area contributed by atoms with Crippen molar-refractivity contribution in [1.82, 2.24) is 24.4 Å². The lowest BCUT2D eigenvalue weighted by molar-refractivity contribution is 0.122. The molecule has 4 aromatic rings. The molecule has 0 atom stereocenters. The Balaban J connectivity index is 1.22. The summed E-state index contributed by atoms with van der Waals surface area (Å²) in [6.45, 7) is 5.46. The molecule has 1 fully saturated rings. The fourth-order valence-corrected chi connectivity index (χ4v) is 5.25. The fourth-order valence-electron chi connectivity index (χ4n) is 5.25. The van der Waals surface area contributed by atoms with Gasteiger partial charge in [0, 0.05) is 69.1 Å². The lowest BCUT2D eigenvalue weighted by atomic mass is 10.0. The topological polar surface area (TPSA) is 137 Å². The number of aromatic amines is 1. The number of ether oxygens (including phenoxy) is 1. The molecule has 0 bridgehead atoms. The summed E-state index contributed by atoms with van der Waals surface area (Å²) < 4.78 is 6.76. The van der Waals surface area contributed by atoms with Crippen molar-refractivity contribution in [3.05, 3.63) is 98.3 Å². The minimum Gasteiger partial charge on any atom is -0.378 e. The van der Waals surface area contributed by atoms with Gasteiger partial charge in [-0.15, -0.1) is 0 Å². The van der Waals surface area contributed by atoms with Gasteiger partial charge in [-0.1, -0.05) is 30.3 Å². The van der Waals surface area contributed by atoms with E-state index in [1.165, 1.54) is 18.2 Å². The van der Waals surface area contributed by atoms with Crippen LogP contribution in [0.15, 0.2) is 70.3 Å². The summed E-state index contributed by atoms with van der Waals surface area (Å²) in [4.78, 5) is 52.9. The van der Waals surface area contributed by atoms with Crippen LogP contribution in [-0.2, 0) is 31.3 Å². The standard InChI is InChI=1S/C30H32N8O4/c1-36-25(17-26(39)34-30(36)41)33-29(40)31-22-9-7-21(8-10-22)27-32-24-11-12-37(18-20-5-3-2-4-6-20)19-23(24)28(35-27)38-13-15-42-16-14-38/h2-10,17H,11-16,18-19H2,1H3,(H2,31,33,40)(H,34,39,41). The van der Waals surface area contributed by atoms with Gasteiger partial charge < -0.3 is 15.0 Å². The van der Waals surface area contributed by atoms with E-state index in [0.717, 1.165) is 66.9 Å². The minimum absolute atomic E-state index is 0.0818. The molecule has 0 saturated carbocycles. The highest BCUT2D eigenvalue weighted by Gasteiger charge is 2.26. The van der Waals surface area contributed by atoms with Crippen molar-refractivity contribution in [2.24, 2.45) is 7.05 Å². The molecule has 42 heavy (non-hydrogen) atoms. The van der Waals surface area contributed by atoms with Crippen molar-refractivity contribution in [2.75, 3.05) is 48.4 Å².